The molecule has 0 amide bonds. The summed E-state index contributed by atoms with van der Waals surface area (Å²) in [6.07, 6.45) is 5.06. The molecule has 1 fully saturated rings. The van der Waals surface area contributed by atoms with E-state index in [1.165, 1.54) is 11.3 Å². The summed E-state index contributed by atoms with van der Waals surface area (Å²) in [6.45, 7) is 0. The number of thioether (sulfide) groups is 1. The predicted molar refractivity (Wildman–Crippen MR) is 77.3 cm³/mol. The normalized spacial score (nSPS) is 25.3. The van der Waals surface area contributed by atoms with Gasteiger partial charge in [0.1, 0.15) is 4.21 Å². The number of sulfonamides is 1. The van der Waals surface area contributed by atoms with E-state index in [-0.39, 0.29) is 6.04 Å². The molecule has 1 heterocycles. The Labute approximate surface area is 119 Å². The predicted octanol–water partition coefficient (Wildman–Crippen LogP) is 3.07. The van der Waals surface area contributed by atoms with Gasteiger partial charge >= 0.3 is 0 Å². The second kappa shape index (κ2) is 5.61. The summed E-state index contributed by atoms with van der Waals surface area (Å²) >= 11 is 6.35. The smallest absolute Gasteiger partial charge is 0.207 e. The zero-order valence-electron chi connectivity index (χ0n) is 9.35. The van der Waals surface area contributed by atoms with Crippen molar-refractivity contribution in [2.75, 3.05) is 6.26 Å². The molecule has 7 heteroatoms. The summed E-state index contributed by atoms with van der Waals surface area (Å²) < 4.78 is 28.2. The molecule has 0 radical (unpaired) electrons. The highest BCUT2D eigenvalue weighted by atomic mass is 79.9. The van der Waals surface area contributed by atoms with Crippen LogP contribution >= 0.6 is 39.0 Å². The lowest BCUT2D eigenvalue weighted by Gasteiger charge is -2.11. The molecule has 17 heavy (non-hydrogen) atoms. The van der Waals surface area contributed by atoms with Gasteiger partial charge in [0.15, 0.2) is 0 Å². The highest BCUT2D eigenvalue weighted by Crippen LogP contribution is 2.31. The van der Waals surface area contributed by atoms with Gasteiger partial charge in [-0.2, -0.15) is 11.8 Å². The zero-order valence-corrected chi connectivity index (χ0v) is 13.4. The Bertz CT molecular complexity index is 485. The maximum absolute atomic E-state index is 12.1. The fourth-order valence-corrected chi connectivity index (χ4v) is 6.09. The Hall–Kier alpha value is 0.440. The second-order valence-corrected chi connectivity index (χ2v) is 9.59. The Balaban J connectivity index is 2.03. The number of thiophene rings is 1. The van der Waals surface area contributed by atoms with Crippen LogP contribution < -0.4 is 4.72 Å². The molecule has 0 aromatic carbocycles. The van der Waals surface area contributed by atoms with E-state index in [0.29, 0.717) is 9.46 Å². The molecule has 0 saturated heterocycles. The number of hydrogen-bond acceptors (Lipinski definition) is 4. The van der Waals surface area contributed by atoms with Crippen LogP contribution in [0.3, 0.4) is 0 Å². The minimum Gasteiger partial charge on any atom is -0.207 e. The van der Waals surface area contributed by atoms with Crippen LogP contribution in [0.25, 0.3) is 0 Å². The van der Waals surface area contributed by atoms with Gasteiger partial charge in [0.25, 0.3) is 0 Å². The SMILES string of the molecule is CSC1CCC(NS(=O)(=O)c2ccc(Br)s2)C1. The van der Waals surface area contributed by atoms with E-state index < -0.39 is 10.0 Å². The Morgan fingerprint density at radius 3 is 2.76 bits per heavy atom. The minimum atomic E-state index is -3.33. The van der Waals surface area contributed by atoms with Gasteiger partial charge in [0.05, 0.1) is 3.79 Å². The van der Waals surface area contributed by atoms with Gasteiger partial charge in [-0.1, -0.05) is 0 Å². The van der Waals surface area contributed by atoms with Crippen molar-refractivity contribution in [3.05, 3.63) is 15.9 Å². The van der Waals surface area contributed by atoms with Crippen molar-refractivity contribution in [2.24, 2.45) is 0 Å². The van der Waals surface area contributed by atoms with Crippen molar-refractivity contribution in [3.8, 4) is 0 Å². The van der Waals surface area contributed by atoms with Gasteiger partial charge < -0.3 is 0 Å². The van der Waals surface area contributed by atoms with Gasteiger partial charge in [-0.3, -0.25) is 0 Å². The third-order valence-corrected chi connectivity index (χ3v) is 7.58. The highest BCUT2D eigenvalue weighted by molar-refractivity contribution is 9.11. The van der Waals surface area contributed by atoms with E-state index in [0.717, 1.165) is 23.0 Å². The van der Waals surface area contributed by atoms with Crippen LogP contribution in [0.2, 0.25) is 0 Å². The van der Waals surface area contributed by atoms with Gasteiger partial charge in [-0.05, 0) is 53.6 Å². The number of rotatable bonds is 4. The van der Waals surface area contributed by atoms with Crippen LogP contribution in [-0.4, -0.2) is 26.0 Å². The van der Waals surface area contributed by atoms with Crippen molar-refractivity contribution in [2.45, 2.75) is 34.8 Å². The number of nitrogens with one attached hydrogen (secondary N) is 1. The topological polar surface area (TPSA) is 46.2 Å². The molecule has 1 aromatic heterocycles. The van der Waals surface area contributed by atoms with E-state index >= 15 is 0 Å². The van der Waals surface area contributed by atoms with E-state index in [4.69, 9.17) is 0 Å². The molecule has 2 rings (SSSR count). The first-order valence-electron chi connectivity index (χ1n) is 5.32. The molecule has 2 atom stereocenters. The average molecular weight is 356 g/mol. The van der Waals surface area contributed by atoms with Crippen molar-refractivity contribution in [1.29, 1.82) is 0 Å². The molecule has 0 aliphatic heterocycles. The molecular formula is C10H14BrNO2S3. The largest absolute Gasteiger partial charge is 0.250 e. The van der Waals surface area contributed by atoms with Crippen LogP contribution in [0, 0.1) is 0 Å². The van der Waals surface area contributed by atoms with Crippen LogP contribution in [-0.2, 0) is 10.0 Å². The fraction of sp³-hybridized carbons (Fsp3) is 0.600. The Morgan fingerprint density at radius 1 is 1.47 bits per heavy atom. The summed E-state index contributed by atoms with van der Waals surface area (Å²) in [4.78, 5) is 0. The molecule has 1 aromatic rings. The molecule has 0 spiro atoms. The quantitative estimate of drug-likeness (QED) is 0.902. The Morgan fingerprint density at radius 2 is 2.24 bits per heavy atom. The maximum atomic E-state index is 12.1. The van der Waals surface area contributed by atoms with Gasteiger partial charge in [0.2, 0.25) is 10.0 Å². The third-order valence-electron chi connectivity index (χ3n) is 2.85. The Kier molecular flexibility index (Phi) is 4.57. The lowest BCUT2D eigenvalue weighted by Crippen LogP contribution is -2.32. The van der Waals surface area contributed by atoms with E-state index in [1.54, 1.807) is 12.1 Å². The van der Waals surface area contributed by atoms with Gasteiger partial charge in [-0.15, -0.1) is 11.3 Å². The average Bonchev–Trinajstić information content (AvgIpc) is 2.86. The third kappa shape index (κ3) is 3.47. The molecule has 3 nitrogen and oxygen atoms in total. The highest BCUT2D eigenvalue weighted by Gasteiger charge is 2.28. The fourth-order valence-electron chi connectivity index (χ4n) is 1.98. The van der Waals surface area contributed by atoms with Crippen molar-refractivity contribution in [1.82, 2.24) is 4.72 Å². The second-order valence-electron chi connectivity index (χ2n) is 4.05. The first-order chi connectivity index (χ1) is 8.01. The summed E-state index contributed by atoms with van der Waals surface area (Å²) in [5.74, 6) is 0. The molecule has 1 saturated carbocycles. The lowest BCUT2D eigenvalue weighted by molar-refractivity contribution is 0.554. The molecular weight excluding hydrogens is 342 g/mol. The van der Waals surface area contributed by atoms with Crippen LogP contribution in [0.15, 0.2) is 20.1 Å². The first-order valence-corrected chi connectivity index (χ1v) is 9.70. The van der Waals surface area contributed by atoms with Gasteiger partial charge in [-0.25, -0.2) is 13.1 Å². The maximum Gasteiger partial charge on any atom is 0.250 e. The number of hydrogen-bond donors (Lipinski definition) is 1. The van der Waals surface area contributed by atoms with E-state index in [2.05, 4.69) is 26.9 Å². The minimum absolute atomic E-state index is 0.0957. The molecule has 0 bridgehead atoms. The van der Waals surface area contributed by atoms with E-state index in [9.17, 15) is 8.42 Å². The van der Waals surface area contributed by atoms with Gasteiger partial charge in [0, 0.05) is 11.3 Å². The summed E-state index contributed by atoms with van der Waals surface area (Å²) in [6, 6.07) is 3.50. The van der Waals surface area contributed by atoms with Crippen LogP contribution in [0.5, 0.6) is 0 Å². The standard InChI is InChI=1S/C10H14BrNO2S3/c1-15-8-3-2-7(6-8)12-17(13,14)10-5-4-9(11)16-10/h4-5,7-8,12H,2-3,6H2,1H3. The summed E-state index contributed by atoms with van der Waals surface area (Å²) in [5, 5.41) is 0.595. The van der Waals surface area contributed by atoms with E-state index in [1.807, 2.05) is 11.8 Å². The molecule has 1 aliphatic rings. The molecule has 1 aliphatic carbocycles. The van der Waals surface area contributed by atoms with Crippen molar-refractivity contribution in [3.63, 3.8) is 0 Å². The van der Waals surface area contributed by atoms with Crippen LogP contribution in [0.1, 0.15) is 19.3 Å². The lowest BCUT2D eigenvalue weighted by atomic mass is 10.3. The zero-order chi connectivity index (χ0) is 12.5. The van der Waals surface area contributed by atoms with Crippen molar-refractivity contribution >= 4 is 49.1 Å². The molecule has 2 unspecified atom stereocenters. The first kappa shape index (κ1) is 13.9. The monoisotopic (exact) mass is 355 g/mol. The molecule has 1 N–H and O–H groups in total. The number of halogens is 1. The molecule has 96 valence electrons. The van der Waals surface area contributed by atoms with Crippen LogP contribution in [0.4, 0.5) is 0 Å². The van der Waals surface area contributed by atoms with Crippen molar-refractivity contribution < 1.29 is 8.42 Å². The summed E-state index contributed by atoms with van der Waals surface area (Å²) in [5.41, 5.74) is 0. The summed E-state index contributed by atoms with van der Waals surface area (Å²) in [7, 11) is -3.33.